The second-order valence-electron chi connectivity index (χ2n) is 23.9. The highest BCUT2D eigenvalue weighted by Crippen LogP contribution is 2.50. The van der Waals surface area contributed by atoms with E-state index in [2.05, 4.69) is 240 Å². The molecule has 6 aromatic carbocycles. The number of benzene rings is 6. The number of thiazole rings is 1. The average molecular weight is 873 g/mol. The predicted octanol–water partition coefficient (Wildman–Crippen LogP) is 14.8. The van der Waals surface area contributed by atoms with Crippen molar-refractivity contribution >= 4 is 89.8 Å². The summed E-state index contributed by atoms with van der Waals surface area (Å²) in [6.07, 6.45) is 0. The van der Waals surface area contributed by atoms with Gasteiger partial charge in [-0.25, -0.2) is 0 Å². The topological polar surface area (TPSA) is 24.3 Å². The Bertz CT molecular complexity index is 3100. The Morgan fingerprint density at radius 2 is 0.938 bits per heavy atom. The summed E-state index contributed by atoms with van der Waals surface area (Å²) in [7, 11) is 0. The van der Waals surface area contributed by atoms with Gasteiger partial charge in [0.1, 0.15) is 5.00 Å². The Hall–Kier alpha value is -5.59. The number of nitrogens with zero attached hydrogens (tertiary/aromatic N) is 4. The van der Waals surface area contributed by atoms with Crippen molar-refractivity contribution in [1.29, 1.82) is 0 Å². The Balaban J connectivity index is 1.39. The number of hydrogen-bond donors (Lipinski definition) is 0. The van der Waals surface area contributed by atoms with E-state index in [1.165, 1.54) is 82.7 Å². The molecule has 2 aliphatic heterocycles. The van der Waals surface area contributed by atoms with Crippen molar-refractivity contribution in [2.24, 2.45) is 0 Å². The third-order valence-corrected chi connectivity index (χ3v) is 15.3. The Morgan fingerprint density at radius 1 is 0.431 bits per heavy atom. The van der Waals surface area contributed by atoms with Crippen LogP contribution in [0.4, 0.5) is 33.4 Å². The highest BCUT2D eigenvalue weighted by molar-refractivity contribution is 7.19. The quantitative estimate of drug-likeness (QED) is 0.165. The molecule has 6 heteroatoms. The second-order valence-corrected chi connectivity index (χ2v) is 24.9. The molecule has 0 aliphatic carbocycles. The smallest absolute Gasteiger partial charge is 0.276 e. The van der Waals surface area contributed by atoms with Gasteiger partial charge in [0.05, 0.1) is 27.3 Å². The van der Waals surface area contributed by atoms with E-state index in [4.69, 9.17) is 4.98 Å². The maximum Gasteiger partial charge on any atom is 0.276 e. The molecule has 0 bridgehead atoms. The van der Waals surface area contributed by atoms with Crippen LogP contribution in [0, 0.1) is 0 Å². The normalized spacial score (nSPS) is 14.3. The van der Waals surface area contributed by atoms with Gasteiger partial charge in [-0.2, -0.15) is 0 Å². The van der Waals surface area contributed by atoms with Gasteiger partial charge in [0.25, 0.3) is 6.71 Å². The number of rotatable bonds is 3. The van der Waals surface area contributed by atoms with Gasteiger partial charge in [-0.1, -0.05) is 171 Å². The summed E-state index contributed by atoms with van der Waals surface area (Å²) < 4.78 is 2.50. The van der Waals surface area contributed by atoms with Crippen LogP contribution in [0.15, 0.2) is 121 Å². The lowest BCUT2D eigenvalue weighted by Gasteiger charge is -2.43. The summed E-state index contributed by atoms with van der Waals surface area (Å²) >= 11 is 1.87. The fraction of sp³-hybridized carbons (Fsp3) is 0.339. The number of hydrogen-bond acceptors (Lipinski definition) is 4. The van der Waals surface area contributed by atoms with Crippen molar-refractivity contribution in [3.05, 3.63) is 149 Å². The van der Waals surface area contributed by atoms with Gasteiger partial charge >= 0.3 is 0 Å². The molecule has 4 heterocycles. The molecule has 0 spiro atoms. The zero-order chi connectivity index (χ0) is 46.3. The van der Waals surface area contributed by atoms with Crippen LogP contribution in [0.5, 0.6) is 0 Å². The van der Waals surface area contributed by atoms with Gasteiger partial charge in [-0.15, -0.1) is 11.3 Å². The molecule has 0 fully saturated rings. The SMILES string of the molecule is CC(C)(C)c1ccc(N2c3ccc(C(C)(C)C)cc3B3c4nc(C(C)(C)C)sc4N(c4cc(C(C)(C)C)cc(C(C)(C)C)c4)c4cc(-n5c6ccccc6c6ccccc65)cc2c43)cc1. The lowest BCUT2D eigenvalue weighted by molar-refractivity contribution is 0.569. The summed E-state index contributed by atoms with van der Waals surface area (Å²) in [6, 6.07) is 46.8. The molecule has 0 amide bonds. The molecule has 0 atom stereocenters. The van der Waals surface area contributed by atoms with Crippen LogP contribution in [0.3, 0.4) is 0 Å². The number of anilines is 6. The Morgan fingerprint density at radius 3 is 1.46 bits per heavy atom. The molecule has 0 saturated heterocycles. The van der Waals surface area contributed by atoms with Gasteiger partial charge in [-0.05, 0) is 109 Å². The van der Waals surface area contributed by atoms with Crippen LogP contribution in [0.2, 0.25) is 0 Å². The molecule has 0 radical (unpaired) electrons. The molecule has 0 N–H and O–H groups in total. The zero-order valence-electron chi connectivity index (χ0n) is 41.3. The Labute approximate surface area is 392 Å². The molecule has 10 rings (SSSR count). The molecule has 65 heavy (non-hydrogen) atoms. The van der Waals surface area contributed by atoms with E-state index in [0.29, 0.717) is 0 Å². The van der Waals surface area contributed by atoms with E-state index < -0.39 is 0 Å². The number of para-hydroxylation sites is 2. The molecule has 0 saturated carbocycles. The van der Waals surface area contributed by atoms with Crippen LogP contribution in [0.1, 0.15) is 131 Å². The lowest BCUT2D eigenvalue weighted by Crippen LogP contribution is -2.62. The van der Waals surface area contributed by atoms with Gasteiger partial charge in [0.15, 0.2) is 0 Å². The second kappa shape index (κ2) is 14.5. The first kappa shape index (κ1) is 43.3. The van der Waals surface area contributed by atoms with E-state index >= 15 is 0 Å². The van der Waals surface area contributed by atoms with Gasteiger partial charge in [0.2, 0.25) is 0 Å². The molecular weight excluding hydrogens is 808 g/mol. The van der Waals surface area contributed by atoms with Crippen LogP contribution in [0.25, 0.3) is 27.5 Å². The summed E-state index contributed by atoms with van der Waals surface area (Å²) in [5, 5.41) is 4.87. The maximum atomic E-state index is 5.80. The minimum absolute atomic E-state index is 0.0282. The van der Waals surface area contributed by atoms with Gasteiger partial charge in [-0.3, -0.25) is 4.98 Å². The standard InChI is InChI=1S/C59H65BN4S/c1-55(2,3)36-24-27-40(28-25-36)62-48-29-26-37(56(4,5)6)33-45(48)60-51-49(62)34-42(63-46-22-18-16-20-43(46)44-21-17-19-23-47(44)63)35-50(51)64(53-52(60)61-54(65-53)59(13,14)15)41-31-38(57(7,8)9)30-39(32-41)58(10,11)12/h16-35H,1-15H3. The van der Waals surface area contributed by atoms with Crippen LogP contribution in [-0.2, 0) is 27.1 Å². The minimum Gasteiger partial charge on any atom is -0.311 e. The maximum absolute atomic E-state index is 5.80. The van der Waals surface area contributed by atoms with Crippen LogP contribution in [-0.4, -0.2) is 16.3 Å². The van der Waals surface area contributed by atoms with Crippen molar-refractivity contribution in [1.82, 2.24) is 9.55 Å². The predicted molar refractivity (Wildman–Crippen MR) is 284 cm³/mol. The largest absolute Gasteiger partial charge is 0.311 e. The summed E-state index contributed by atoms with van der Waals surface area (Å²) in [4.78, 5) is 11.0. The van der Waals surface area contributed by atoms with Crippen LogP contribution < -0.4 is 26.3 Å². The summed E-state index contributed by atoms with van der Waals surface area (Å²) in [5.41, 5.74) is 18.2. The van der Waals surface area contributed by atoms with Gasteiger partial charge < -0.3 is 14.4 Å². The molecule has 4 nitrogen and oxygen atoms in total. The molecule has 2 aliphatic rings. The van der Waals surface area contributed by atoms with Crippen molar-refractivity contribution in [2.75, 3.05) is 9.80 Å². The van der Waals surface area contributed by atoms with E-state index in [-0.39, 0.29) is 33.8 Å². The average Bonchev–Trinajstić information content (AvgIpc) is 3.83. The van der Waals surface area contributed by atoms with Crippen molar-refractivity contribution in [3.8, 4) is 5.69 Å². The number of aromatic nitrogens is 2. The van der Waals surface area contributed by atoms with E-state index in [1.807, 2.05) is 11.3 Å². The van der Waals surface area contributed by atoms with E-state index in [1.54, 1.807) is 0 Å². The highest BCUT2D eigenvalue weighted by atomic mass is 32.1. The van der Waals surface area contributed by atoms with Crippen molar-refractivity contribution in [2.45, 2.75) is 131 Å². The fourth-order valence-electron chi connectivity index (χ4n) is 9.98. The summed E-state index contributed by atoms with van der Waals surface area (Å²) in [5.74, 6) is 0. The van der Waals surface area contributed by atoms with E-state index in [0.717, 1.165) is 22.0 Å². The minimum atomic E-state index is -0.147. The first-order valence-electron chi connectivity index (χ1n) is 23.6. The molecular formula is C59H65BN4S. The van der Waals surface area contributed by atoms with Crippen molar-refractivity contribution < 1.29 is 0 Å². The van der Waals surface area contributed by atoms with E-state index in [9.17, 15) is 0 Å². The zero-order valence-corrected chi connectivity index (χ0v) is 42.1. The Kier molecular flexibility index (Phi) is 9.63. The lowest BCUT2D eigenvalue weighted by atomic mass is 9.35. The third-order valence-electron chi connectivity index (χ3n) is 13.8. The monoisotopic (exact) mass is 873 g/mol. The molecule has 2 aromatic heterocycles. The van der Waals surface area contributed by atoms with Crippen LogP contribution >= 0.6 is 11.3 Å². The third kappa shape index (κ3) is 7.14. The highest BCUT2D eigenvalue weighted by Gasteiger charge is 2.47. The molecule has 0 unspecified atom stereocenters. The molecule has 8 aromatic rings. The number of fused-ring (bicyclic) bond motifs is 7. The van der Waals surface area contributed by atoms with Crippen molar-refractivity contribution in [3.63, 3.8) is 0 Å². The fourth-order valence-corrected chi connectivity index (χ4v) is 11.2. The first-order valence-corrected chi connectivity index (χ1v) is 24.4. The first-order chi connectivity index (χ1) is 30.4. The van der Waals surface area contributed by atoms with Gasteiger partial charge in [0, 0.05) is 44.6 Å². The summed E-state index contributed by atoms with van der Waals surface area (Å²) in [6.45, 7) is 34.8. The molecule has 330 valence electrons.